The van der Waals surface area contributed by atoms with Crippen molar-refractivity contribution in [2.75, 3.05) is 0 Å². The van der Waals surface area contributed by atoms with Gasteiger partial charge in [-0.1, -0.05) is 0 Å². The Hall–Kier alpha value is -0.770. The smallest absolute Gasteiger partial charge is 0.314 e. The van der Waals surface area contributed by atoms with Crippen molar-refractivity contribution in [3.8, 4) is 0 Å². The monoisotopic (exact) mass is 89.0 g/mol. The molecular weight excluding hydrogens is 84.0 g/mol. The van der Waals surface area contributed by atoms with Crippen LogP contribution in [0.5, 0.6) is 0 Å². The molecule has 0 spiro atoms. The van der Waals surface area contributed by atoms with Crippen molar-refractivity contribution in [2.24, 2.45) is 5.73 Å². The van der Waals surface area contributed by atoms with Crippen LogP contribution in [0.15, 0.2) is 0 Å². The molecule has 0 unspecified atom stereocenters. The van der Waals surface area contributed by atoms with Gasteiger partial charge in [0.25, 0.3) is 0 Å². The molecule has 35 valence electrons. The quantitative estimate of drug-likeness (QED) is 0.391. The topological polar surface area (TPSA) is 75.4 Å². The van der Waals surface area contributed by atoms with Crippen LogP contribution in [0.1, 0.15) is 0 Å². The third kappa shape index (κ3) is 3.23. The molecule has 2 amide bonds. The summed E-state index contributed by atoms with van der Waals surface area (Å²) < 4.78 is 0. The molecular formula is C2H5N2O2. The Bertz CT molecular complexity index is 53.5. The minimum atomic E-state index is -0.766. The molecule has 1 radical (unpaired) electrons. The maximum atomic E-state index is 9.52. The summed E-state index contributed by atoms with van der Waals surface area (Å²) in [6.45, 7) is 0.475. The average Bonchev–Trinajstić information content (AvgIpc) is 1.35. The fraction of sp³-hybridized carbons (Fsp3) is 0. The maximum Gasteiger partial charge on any atom is 0.314 e. The van der Waals surface area contributed by atoms with Gasteiger partial charge < -0.3 is 16.2 Å². The van der Waals surface area contributed by atoms with Crippen molar-refractivity contribution in [1.29, 1.82) is 0 Å². The summed E-state index contributed by atoms with van der Waals surface area (Å²) in [4.78, 5) is 9.52. The van der Waals surface area contributed by atoms with Crippen LogP contribution in [0.3, 0.4) is 0 Å². The van der Waals surface area contributed by atoms with Gasteiger partial charge in [-0.05, 0) is 0 Å². The number of aliphatic hydroxyl groups is 1. The van der Waals surface area contributed by atoms with Gasteiger partial charge in [-0.15, -0.1) is 0 Å². The summed E-state index contributed by atoms with van der Waals surface area (Å²) in [6, 6.07) is -0.766. The van der Waals surface area contributed by atoms with E-state index in [0.717, 1.165) is 0 Å². The number of hydrogen-bond donors (Lipinski definition) is 3. The molecule has 0 aromatic heterocycles. The van der Waals surface area contributed by atoms with E-state index in [1.54, 1.807) is 5.32 Å². The number of carbonyl (C=O) groups excluding carboxylic acids is 1. The fourth-order valence-corrected chi connectivity index (χ4v) is 0.0636. The fourth-order valence-electron chi connectivity index (χ4n) is 0.0636. The molecule has 0 fully saturated rings. The highest BCUT2D eigenvalue weighted by atomic mass is 16.3. The van der Waals surface area contributed by atoms with Gasteiger partial charge in [0.2, 0.25) is 0 Å². The lowest BCUT2D eigenvalue weighted by atomic mass is 11.0. The first-order valence-corrected chi connectivity index (χ1v) is 1.29. The largest absolute Gasteiger partial charge is 0.369 e. The van der Waals surface area contributed by atoms with Gasteiger partial charge in [0.15, 0.2) is 6.73 Å². The molecule has 0 saturated heterocycles. The minimum absolute atomic E-state index is 0.475. The van der Waals surface area contributed by atoms with Crippen molar-refractivity contribution >= 4 is 6.03 Å². The first-order valence-electron chi connectivity index (χ1n) is 1.29. The average molecular weight is 89.1 g/mol. The lowest BCUT2D eigenvalue weighted by Gasteiger charge is -1.86. The van der Waals surface area contributed by atoms with Crippen molar-refractivity contribution in [3.63, 3.8) is 0 Å². The lowest BCUT2D eigenvalue weighted by molar-refractivity contribution is 0.243. The number of amides is 2. The normalized spacial score (nSPS) is 7.50. The van der Waals surface area contributed by atoms with Crippen molar-refractivity contribution in [1.82, 2.24) is 5.32 Å². The zero-order valence-electron chi connectivity index (χ0n) is 3.01. The Morgan fingerprint density at radius 2 is 2.50 bits per heavy atom. The molecule has 4 N–H and O–H groups in total. The zero-order chi connectivity index (χ0) is 4.99. The van der Waals surface area contributed by atoms with E-state index in [4.69, 9.17) is 5.11 Å². The molecule has 0 rings (SSSR count). The van der Waals surface area contributed by atoms with E-state index in [1.807, 2.05) is 0 Å². The Morgan fingerprint density at radius 1 is 2.00 bits per heavy atom. The van der Waals surface area contributed by atoms with Crippen LogP contribution in [-0.4, -0.2) is 11.1 Å². The van der Waals surface area contributed by atoms with E-state index in [0.29, 0.717) is 6.73 Å². The highest BCUT2D eigenvalue weighted by molar-refractivity contribution is 5.71. The molecule has 0 bridgehead atoms. The van der Waals surface area contributed by atoms with Crippen molar-refractivity contribution in [2.45, 2.75) is 0 Å². The van der Waals surface area contributed by atoms with Gasteiger partial charge in [0, 0.05) is 0 Å². The third-order valence-corrected chi connectivity index (χ3v) is 0.207. The van der Waals surface area contributed by atoms with Crippen LogP contribution in [0.2, 0.25) is 0 Å². The zero-order valence-corrected chi connectivity index (χ0v) is 3.01. The molecule has 0 aliphatic rings. The first-order chi connectivity index (χ1) is 2.77. The molecule has 0 heterocycles. The second-order valence-electron chi connectivity index (χ2n) is 0.638. The Kier molecular flexibility index (Phi) is 2.15. The molecule has 0 aliphatic carbocycles. The van der Waals surface area contributed by atoms with Gasteiger partial charge in [-0.3, -0.25) is 0 Å². The van der Waals surface area contributed by atoms with E-state index < -0.39 is 6.03 Å². The second-order valence-corrected chi connectivity index (χ2v) is 0.638. The number of nitrogens with one attached hydrogen (secondary N) is 1. The van der Waals surface area contributed by atoms with Crippen LogP contribution < -0.4 is 11.1 Å². The maximum absolute atomic E-state index is 9.52. The van der Waals surface area contributed by atoms with E-state index in [9.17, 15) is 4.79 Å². The van der Waals surface area contributed by atoms with Gasteiger partial charge in [-0.25, -0.2) is 4.79 Å². The standard InChI is InChI=1S/C2H5N2O2/c3-2(6)4-1-5/h1,5H,(H3,3,4,6). The molecule has 4 nitrogen and oxygen atoms in total. The summed E-state index contributed by atoms with van der Waals surface area (Å²) in [7, 11) is 0. The number of aliphatic hydroxyl groups excluding tert-OH is 1. The third-order valence-electron chi connectivity index (χ3n) is 0.207. The van der Waals surface area contributed by atoms with Crippen LogP contribution >= 0.6 is 0 Å². The Labute approximate surface area is 34.9 Å². The second kappa shape index (κ2) is 2.47. The minimum Gasteiger partial charge on any atom is -0.369 e. The number of primary amides is 1. The Morgan fingerprint density at radius 3 is 2.50 bits per heavy atom. The summed E-state index contributed by atoms with van der Waals surface area (Å²) in [6.07, 6.45) is 0. The first kappa shape index (κ1) is 5.23. The van der Waals surface area contributed by atoms with E-state index in [-0.39, 0.29) is 0 Å². The molecule has 0 aromatic rings. The number of nitrogens with two attached hydrogens (primary N) is 1. The summed E-state index contributed by atoms with van der Waals surface area (Å²) in [5.74, 6) is 0. The molecule has 4 heteroatoms. The SMILES string of the molecule is NC(=O)N[CH]O. The van der Waals surface area contributed by atoms with E-state index in [1.165, 1.54) is 0 Å². The van der Waals surface area contributed by atoms with Gasteiger partial charge in [-0.2, -0.15) is 0 Å². The number of urea groups is 1. The predicted octanol–water partition coefficient (Wildman–Crippen LogP) is -0.854. The number of carbonyl (C=O) groups is 1. The van der Waals surface area contributed by atoms with Crippen LogP contribution in [-0.2, 0) is 0 Å². The Balaban J connectivity index is 2.83. The van der Waals surface area contributed by atoms with E-state index in [2.05, 4.69) is 5.73 Å². The molecule has 0 aromatic carbocycles. The summed E-state index contributed by atoms with van der Waals surface area (Å²) in [5.41, 5.74) is 4.46. The van der Waals surface area contributed by atoms with E-state index >= 15 is 0 Å². The lowest BCUT2D eigenvalue weighted by Crippen LogP contribution is -2.26. The van der Waals surface area contributed by atoms with Crippen molar-refractivity contribution in [3.05, 3.63) is 6.73 Å². The number of hydrogen-bond acceptors (Lipinski definition) is 2. The molecule has 0 aliphatic heterocycles. The van der Waals surface area contributed by atoms with Gasteiger partial charge >= 0.3 is 6.03 Å². The highest BCUT2D eigenvalue weighted by Crippen LogP contribution is 1.52. The van der Waals surface area contributed by atoms with Crippen LogP contribution in [0.4, 0.5) is 4.79 Å². The molecule has 0 atom stereocenters. The summed E-state index contributed by atoms with van der Waals surface area (Å²) in [5, 5.41) is 9.48. The van der Waals surface area contributed by atoms with Crippen molar-refractivity contribution < 1.29 is 9.90 Å². The summed E-state index contributed by atoms with van der Waals surface area (Å²) >= 11 is 0. The van der Waals surface area contributed by atoms with Crippen LogP contribution in [0, 0.1) is 6.73 Å². The number of rotatable bonds is 1. The van der Waals surface area contributed by atoms with Gasteiger partial charge in [0.1, 0.15) is 0 Å². The van der Waals surface area contributed by atoms with Gasteiger partial charge in [0.05, 0.1) is 0 Å². The molecule has 6 heavy (non-hydrogen) atoms. The van der Waals surface area contributed by atoms with Crippen LogP contribution in [0.25, 0.3) is 0 Å². The molecule has 0 saturated carbocycles. The predicted molar refractivity (Wildman–Crippen MR) is 19.0 cm³/mol. The highest BCUT2D eigenvalue weighted by Gasteiger charge is 1.81.